The van der Waals surface area contributed by atoms with Gasteiger partial charge in [-0.1, -0.05) is 6.07 Å². The van der Waals surface area contributed by atoms with E-state index in [1.165, 1.54) is 0 Å². The molecule has 0 saturated carbocycles. The molecule has 1 rings (SSSR count). The van der Waals surface area contributed by atoms with E-state index in [2.05, 4.69) is 5.32 Å². The fourth-order valence-electron chi connectivity index (χ4n) is 1.35. The number of rotatable bonds is 5. The number of benzene rings is 1. The van der Waals surface area contributed by atoms with Crippen molar-refractivity contribution in [3.05, 3.63) is 29.8 Å². The van der Waals surface area contributed by atoms with Crippen LogP contribution in [0.15, 0.2) is 24.3 Å². The van der Waals surface area contributed by atoms with Gasteiger partial charge in [0, 0.05) is 25.3 Å². The highest BCUT2D eigenvalue weighted by atomic mass is 16.4. The highest BCUT2D eigenvalue weighted by molar-refractivity contribution is 5.97. The minimum atomic E-state index is -1.29. The van der Waals surface area contributed by atoms with E-state index in [1.807, 2.05) is 25.1 Å². The van der Waals surface area contributed by atoms with Crippen LogP contribution in [0.5, 0.6) is 0 Å². The number of amides is 1. The first kappa shape index (κ1) is 14.0. The lowest BCUT2D eigenvalue weighted by molar-refractivity contribution is -0.140. The number of hydrogen-bond donors (Lipinski definition) is 3. The molecule has 0 fully saturated rings. The van der Waals surface area contributed by atoms with Crippen molar-refractivity contribution in [1.29, 1.82) is 0 Å². The predicted molar refractivity (Wildman–Crippen MR) is 66.7 cm³/mol. The first-order valence-electron chi connectivity index (χ1n) is 5.37. The molecule has 18 heavy (non-hydrogen) atoms. The van der Waals surface area contributed by atoms with Gasteiger partial charge in [-0.05, 0) is 18.2 Å². The van der Waals surface area contributed by atoms with Crippen LogP contribution in [0.2, 0.25) is 0 Å². The second-order valence-corrected chi connectivity index (χ2v) is 3.99. The maximum atomic E-state index is 11.8. The third kappa shape index (κ3) is 3.46. The number of nitrogens with one attached hydrogen (secondary N) is 1. The molecule has 1 aromatic carbocycles. The van der Waals surface area contributed by atoms with Crippen LogP contribution < -0.4 is 10.2 Å². The summed E-state index contributed by atoms with van der Waals surface area (Å²) in [5.41, 5.74) is 1.18. The summed E-state index contributed by atoms with van der Waals surface area (Å²) in [5.74, 6) is -1.80. The molecule has 3 N–H and O–H groups in total. The van der Waals surface area contributed by atoms with Gasteiger partial charge in [-0.3, -0.25) is 4.79 Å². The van der Waals surface area contributed by atoms with Gasteiger partial charge in [0.05, 0.1) is 6.61 Å². The third-order valence-electron chi connectivity index (χ3n) is 2.41. The topological polar surface area (TPSA) is 89.9 Å². The number of carbonyl (C=O) groups excluding carboxylic acids is 1. The molecule has 0 heterocycles. The van der Waals surface area contributed by atoms with Crippen LogP contribution >= 0.6 is 0 Å². The summed E-state index contributed by atoms with van der Waals surface area (Å²) in [6.45, 7) is -0.644. The maximum absolute atomic E-state index is 11.8. The van der Waals surface area contributed by atoms with Crippen molar-refractivity contribution in [2.24, 2.45) is 0 Å². The van der Waals surface area contributed by atoms with Crippen LogP contribution in [0.4, 0.5) is 5.69 Å². The average Bonchev–Trinajstić information content (AvgIpc) is 2.35. The summed E-state index contributed by atoms with van der Waals surface area (Å²) >= 11 is 0. The number of aliphatic hydroxyl groups is 1. The summed E-state index contributed by atoms with van der Waals surface area (Å²) in [7, 11) is 3.68. The molecule has 0 aliphatic rings. The van der Waals surface area contributed by atoms with Gasteiger partial charge in [0.2, 0.25) is 0 Å². The highest BCUT2D eigenvalue weighted by Gasteiger charge is 2.19. The fraction of sp³-hybridized carbons (Fsp3) is 0.333. The number of nitrogens with zero attached hydrogens (tertiary/aromatic N) is 1. The van der Waals surface area contributed by atoms with Crippen molar-refractivity contribution in [2.45, 2.75) is 6.04 Å². The Labute approximate surface area is 105 Å². The third-order valence-corrected chi connectivity index (χ3v) is 2.41. The Balaban J connectivity index is 2.84. The molecule has 1 amide bonds. The second kappa shape index (κ2) is 6.02. The van der Waals surface area contributed by atoms with Gasteiger partial charge in [0.1, 0.15) is 0 Å². The zero-order valence-corrected chi connectivity index (χ0v) is 10.3. The summed E-state index contributed by atoms with van der Waals surface area (Å²) in [5, 5.41) is 19.8. The van der Waals surface area contributed by atoms with Crippen molar-refractivity contribution < 1.29 is 19.8 Å². The molecule has 1 atom stereocenters. The molecular weight excluding hydrogens is 236 g/mol. The van der Waals surface area contributed by atoms with Crippen LogP contribution in [-0.4, -0.2) is 48.8 Å². The smallest absolute Gasteiger partial charge is 0.328 e. The molecule has 0 unspecified atom stereocenters. The lowest BCUT2D eigenvalue weighted by Gasteiger charge is -2.15. The summed E-state index contributed by atoms with van der Waals surface area (Å²) in [6.07, 6.45) is 0. The minimum Gasteiger partial charge on any atom is -0.480 e. The molecule has 0 aliphatic carbocycles. The quantitative estimate of drug-likeness (QED) is 0.682. The van der Waals surface area contributed by atoms with Gasteiger partial charge in [0.25, 0.3) is 5.91 Å². The molecule has 0 radical (unpaired) electrons. The molecule has 0 aliphatic heterocycles. The Kier molecular flexibility index (Phi) is 4.67. The maximum Gasteiger partial charge on any atom is 0.328 e. The van der Waals surface area contributed by atoms with Crippen LogP contribution in [-0.2, 0) is 4.79 Å². The van der Waals surface area contributed by atoms with E-state index >= 15 is 0 Å². The van der Waals surface area contributed by atoms with Gasteiger partial charge in [-0.25, -0.2) is 4.79 Å². The molecule has 6 heteroatoms. The van der Waals surface area contributed by atoms with E-state index in [9.17, 15) is 9.59 Å². The Morgan fingerprint density at radius 2 is 2.06 bits per heavy atom. The van der Waals surface area contributed by atoms with Crippen LogP contribution in [0.25, 0.3) is 0 Å². The zero-order valence-electron chi connectivity index (χ0n) is 10.3. The number of aliphatic hydroxyl groups excluding tert-OH is 1. The Hall–Kier alpha value is -2.08. The number of hydrogen-bond acceptors (Lipinski definition) is 4. The normalized spacial score (nSPS) is 11.7. The summed E-state index contributed by atoms with van der Waals surface area (Å²) < 4.78 is 0. The Morgan fingerprint density at radius 1 is 1.39 bits per heavy atom. The second-order valence-electron chi connectivity index (χ2n) is 3.99. The van der Waals surface area contributed by atoms with Crippen LogP contribution in [0.1, 0.15) is 10.4 Å². The molecule has 0 saturated heterocycles. The molecule has 0 spiro atoms. The van der Waals surface area contributed by atoms with E-state index in [4.69, 9.17) is 10.2 Å². The van der Waals surface area contributed by atoms with Gasteiger partial charge < -0.3 is 20.4 Å². The van der Waals surface area contributed by atoms with E-state index in [-0.39, 0.29) is 0 Å². The van der Waals surface area contributed by atoms with Crippen molar-refractivity contribution >= 4 is 17.6 Å². The molecule has 98 valence electrons. The summed E-state index contributed by atoms with van der Waals surface area (Å²) in [4.78, 5) is 24.3. The minimum absolute atomic E-state index is 0.348. The number of carboxylic acid groups (broad SMARTS) is 1. The summed E-state index contributed by atoms with van der Waals surface area (Å²) in [6, 6.07) is 5.47. The van der Waals surface area contributed by atoms with E-state index in [0.29, 0.717) is 5.56 Å². The lowest BCUT2D eigenvalue weighted by atomic mass is 10.1. The van der Waals surface area contributed by atoms with Gasteiger partial charge in [-0.15, -0.1) is 0 Å². The van der Waals surface area contributed by atoms with Crippen LogP contribution in [0, 0.1) is 0 Å². The van der Waals surface area contributed by atoms with E-state index < -0.39 is 24.5 Å². The highest BCUT2D eigenvalue weighted by Crippen LogP contribution is 2.13. The first-order valence-corrected chi connectivity index (χ1v) is 5.37. The zero-order chi connectivity index (χ0) is 13.7. The molecule has 0 aromatic heterocycles. The van der Waals surface area contributed by atoms with Gasteiger partial charge in [0.15, 0.2) is 6.04 Å². The monoisotopic (exact) mass is 252 g/mol. The lowest BCUT2D eigenvalue weighted by Crippen LogP contribution is -2.43. The number of aliphatic carboxylic acids is 1. The SMILES string of the molecule is CN(C)c1cccc(C(=O)N[C@H](CO)C(=O)O)c1. The molecule has 0 bridgehead atoms. The predicted octanol–water partition coefficient (Wildman–Crippen LogP) is -0.0721. The van der Waals surface area contributed by atoms with Gasteiger partial charge >= 0.3 is 5.97 Å². The number of anilines is 1. The standard InChI is InChI=1S/C12H16N2O4/c1-14(2)9-5-3-4-8(6-9)11(16)13-10(7-15)12(17)18/h3-6,10,15H,7H2,1-2H3,(H,13,16)(H,17,18)/t10-/m1/s1. The average molecular weight is 252 g/mol. The Bertz CT molecular complexity index is 445. The van der Waals surface area contributed by atoms with E-state index in [1.54, 1.807) is 18.2 Å². The Morgan fingerprint density at radius 3 is 2.56 bits per heavy atom. The molecule has 1 aromatic rings. The number of carbonyl (C=O) groups is 2. The van der Waals surface area contributed by atoms with Crippen molar-refractivity contribution in [1.82, 2.24) is 5.32 Å². The van der Waals surface area contributed by atoms with E-state index in [0.717, 1.165) is 5.69 Å². The van der Waals surface area contributed by atoms with Gasteiger partial charge in [-0.2, -0.15) is 0 Å². The fourth-order valence-corrected chi connectivity index (χ4v) is 1.35. The van der Waals surface area contributed by atoms with Crippen molar-refractivity contribution in [2.75, 3.05) is 25.6 Å². The molecular formula is C12H16N2O4. The molecule has 6 nitrogen and oxygen atoms in total. The number of carboxylic acids is 1. The van der Waals surface area contributed by atoms with Crippen molar-refractivity contribution in [3.8, 4) is 0 Å². The first-order chi connectivity index (χ1) is 8.45. The van der Waals surface area contributed by atoms with Crippen LogP contribution in [0.3, 0.4) is 0 Å². The largest absolute Gasteiger partial charge is 0.480 e. The van der Waals surface area contributed by atoms with Crippen molar-refractivity contribution in [3.63, 3.8) is 0 Å².